The molecule has 0 fully saturated rings. The van der Waals surface area contributed by atoms with Gasteiger partial charge in [-0.3, -0.25) is 4.79 Å². The van der Waals surface area contributed by atoms with Crippen LogP contribution in [0.5, 0.6) is 5.75 Å². The highest BCUT2D eigenvalue weighted by Crippen LogP contribution is 2.19. The zero-order valence-electron chi connectivity index (χ0n) is 12.9. The van der Waals surface area contributed by atoms with Crippen molar-refractivity contribution in [2.24, 2.45) is 0 Å². The van der Waals surface area contributed by atoms with E-state index in [0.717, 1.165) is 17.1 Å². The van der Waals surface area contributed by atoms with E-state index in [0.29, 0.717) is 6.54 Å². The number of carbonyl (C=O) groups excluding carboxylic acids is 1. The van der Waals surface area contributed by atoms with E-state index in [1.807, 2.05) is 49.4 Å². The van der Waals surface area contributed by atoms with E-state index in [2.05, 4.69) is 17.4 Å². The normalized spacial score (nSPS) is 11.7. The highest BCUT2D eigenvalue weighted by molar-refractivity contribution is 7.99. The van der Waals surface area contributed by atoms with Gasteiger partial charge in [-0.2, -0.15) is 0 Å². The molecule has 3 nitrogen and oxygen atoms in total. The van der Waals surface area contributed by atoms with Gasteiger partial charge in [-0.05, 0) is 18.6 Å². The first-order valence-corrected chi connectivity index (χ1v) is 8.30. The molecule has 0 aliphatic carbocycles. The molecule has 2 aromatic carbocycles. The average molecular weight is 315 g/mol. The van der Waals surface area contributed by atoms with Crippen LogP contribution in [0.2, 0.25) is 0 Å². The Labute approximate surface area is 136 Å². The topological polar surface area (TPSA) is 38.3 Å². The zero-order valence-corrected chi connectivity index (χ0v) is 13.7. The molecule has 0 saturated heterocycles. The molecule has 0 aliphatic rings. The summed E-state index contributed by atoms with van der Waals surface area (Å²) < 4.78 is 5.29. The monoisotopic (exact) mass is 315 g/mol. The minimum Gasteiger partial charge on any atom is -0.496 e. The third-order valence-corrected chi connectivity index (χ3v) is 4.57. The Hall–Kier alpha value is -1.94. The molecule has 116 valence electrons. The van der Waals surface area contributed by atoms with Gasteiger partial charge in [0, 0.05) is 17.9 Å². The molecular formula is C18H21NO2S. The van der Waals surface area contributed by atoms with Gasteiger partial charge in [-0.15, -0.1) is 11.8 Å². The van der Waals surface area contributed by atoms with Crippen LogP contribution in [0.4, 0.5) is 0 Å². The summed E-state index contributed by atoms with van der Waals surface area (Å²) >= 11 is 1.64. The minimum absolute atomic E-state index is 0.0480. The van der Waals surface area contributed by atoms with Gasteiger partial charge in [0.05, 0.1) is 12.4 Å². The second kappa shape index (κ2) is 8.49. The number of para-hydroxylation sites is 1. The summed E-state index contributed by atoms with van der Waals surface area (Å²) in [6.45, 7) is 2.42. The predicted octanol–water partition coefficient (Wildman–Crippen LogP) is 3.63. The van der Waals surface area contributed by atoms with Gasteiger partial charge in [-0.1, -0.05) is 48.5 Å². The molecule has 0 aromatic heterocycles. The first-order valence-electron chi connectivity index (χ1n) is 7.26. The number of nitrogens with one attached hydrogen (secondary N) is 1. The maximum atomic E-state index is 12.2. The lowest BCUT2D eigenvalue weighted by atomic mass is 10.2. The Balaban J connectivity index is 1.81. The van der Waals surface area contributed by atoms with E-state index in [1.54, 1.807) is 18.9 Å². The van der Waals surface area contributed by atoms with Crippen molar-refractivity contribution in [1.29, 1.82) is 0 Å². The standard InChI is InChI=1S/C18H21NO2S/c1-14(22-13-15-8-4-3-5-9-15)18(20)19-12-16-10-6-7-11-17(16)21-2/h3-11,14H,12-13H2,1-2H3,(H,19,20)/t14-/m1/s1. The van der Waals surface area contributed by atoms with Crippen molar-refractivity contribution in [3.63, 3.8) is 0 Å². The lowest BCUT2D eigenvalue weighted by molar-refractivity contribution is -0.120. The van der Waals surface area contributed by atoms with Crippen molar-refractivity contribution in [1.82, 2.24) is 5.32 Å². The number of thioether (sulfide) groups is 1. The second-order valence-electron chi connectivity index (χ2n) is 4.97. The zero-order chi connectivity index (χ0) is 15.8. The van der Waals surface area contributed by atoms with Crippen molar-refractivity contribution >= 4 is 17.7 Å². The maximum absolute atomic E-state index is 12.2. The summed E-state index contributed by atoms with van der Waals surface area (Å²) in [6, 6.07) is 17.9. The molecule has 1 N–H and O–H groups in total. The summed E-state index contributed by atoms with van der Waals surface area (Å²) in [6.07, 6.45) is 0. The van der Waals surface area contributed by atoms with Crippen molar-refractivity contribution in [3.8, 4) is 5.75 Å². The fraction of sp³-hybridized carbons (Fsp3) is 0.278. The number of carbonyl (C=O) groups is 1. The van der Waals surface area contributed by atoms with Gasteiger partial charge < -0.3 is 10.1 Å². The Morgan fingerprint density at radius 1 is 1.14 bits per heavy atom. The minimum atomic E-state index is -0.0880. The van der Waals surface area contributed by atoms with E-state index in [4.69, 9.17) is 4.74 Å². The Morgan fingerprint density at radius 3 is 2.55 bits per heavy atom. The molecule has 1 atom stereocenters. The third-order valence-electron chi connectivity index (χ3n) is 3.36. The lowest BCUT2D eigenvalue weighted by Crippen LogP contribution is -2.30. The van der Waals surface area contributed by atoms with Crippen LogP contribution in [0.1, 0.15) is 18.1 Å². The van der Waals surface area contributed by atoms with Crippen LogP contribution in [0.3, 0.4) is 0 Å². The largest absolute Gasteiger partial charge is 0.496 e. The number of ether oxygens (including phenoxy) is 1. The van der Waals surface area contributed by atoms with E-state index in [1.165, 1.54) is 5.56 Å². The van der Waals surface area contributed by atoms with Crippen molar-refractivity contribution < 1.29 is 9.53 Å². The van der Waals surface area contributed by atoms with Crippen molar-refractivity contribution in [2.45, 2.75) is 24.5 Å². The van der Waals surface area contributed by atoms with Crippen LogP contribution in [0.25, 0.3) is 0 Å². The van der Waals surface area contributed by atoms with E-state index in [-0.39, 0.29) is 11.2 Å². The summed E-state index contributed by atoms with van der Waals surface area (Å²) in [4.78, 5) is 12.2. The van der Waals surface area contributed by atoms with Gasteiger partial charge in [0.2, 0.25) is 5.91 Å². The second-order valence-corrected chi connectivity index (χ2v) is 6.30. The first-order chi connectivity index (χ1) is 10.7. The van der Waals surface area contributed by atoms with E-state index in [9.17, 15) is 4.79 Å². The van der Waals surface area contributed by atoms with Crippen LogP contribution in [0, 0.1) is 0 Å². The molecule has 22 heavy (non-hydrogen) atoms. The van der Waals surface area contributed by atoms with Gasteiger partial charge in [-0.25, -0.2) is 0 Å². The molecule has 4 heteroatoms. The van der Waals surface area contributed by atoms with Crippen LogP contribution >= 0.6 is 11.8 Å². The van der Waals surface area contributed by atoms with Crippen molar-refractivity contribution in [2.75, 3.05) is 7.11 Å². The Kier molecular flexibility index (Phi) is 6.34. The summed E-state index contributed by atoms with van der Waals surface area (Å²) in [5, 5.41) is 2.88. The molecule has 0 saturated carbocycles. The highest BCUT2D eigenvalue weighted by atomic mass is 32.2. The van der Waals surface area contributed by atoms with Crippen LogP contribution in [-0.4, -0.2) is 18.3 Å². The fourth-order valence-corrected chi connectivity index (χ4v) is 2.92. The molecular weight excluding hydrogens is 294 g/mol. The maximum Gasteiger partial charge on any atom is 0.233 e. The molecule has 0 spiro atoms. The van der Waals surface area contributed by atoms with E-state index >= 15 is 0 Å². The van der Waals surface area contributed by atoms with Gasteiger partial charge in [0.15, 0.2) is 0 Å². The molecule has 0 bridgehead atoms. The van der Waals surface area contributed by atoms with Crippen LogP contribution in [0.15, 0.2) is 54.6 Å². The molecule has 1 amide bonds. The molecule has 0 radical (unpaired) electrons. The molecule has 2 rings (SSSR count). The van der Waals surface area contributed by atoms with Gasteiger partial charge in [0.1, 0.15) is 5.75 Å². The molecule has 2 aromatic rings. The first kappa shape index (κ1) is 16.4. The molecule has 0 unspecified atom stereocenters. The number of hydrogen-bond acceptors (Lipinski definition) is 3. The number of rotatable bonds is 7. The molecule has 0 aliphatic heterocycles. The van der Waals surface area contributed by atoms with Crippen LogP contribution < -0.4 is 10.1 Å². The summed E-state index contributed by atoms with van der Waals surface area (Å²) in [7, 11) is 1.64. The smallest absolute Gasteiger partial charge is 0.233 e. The van der Waals surface area contributed by atoms with Crippen molar-refractivity contribution in [3.05, 3.63) is 65.7 Å². The van der Waals surface area contributed by atoms with Gasteiger partial charge >= 0.3 is 0 Å². The number of methoxy groups -OCH3 is 1. The predicted molar refractivity (Wildman–Crippen MR) is 92.0 cm³/mol. The average Bonchev–Trinajstić information content (AvgIpc) is 2.58. The van der Waals surface area contributed by atoms with E-state index < -0.39 is 0 Å². The molecule has 0 heterocycles. The Morgan fingerprint density at radius 2 is 1.82 bits per heavy atom. The quantitative estimate of drug-likeness (QED) is 0.848. The number of hydrogen-bond donors (Lipinski definition) is 1. The van der Waals surface area contributed by atoms with Crippen LogP contribution in [-0.2, 0) is 17.1 Å². The number of amides is 1. The fourth-order valence-electron chi connectivity index (χ4n) is 2.05. The summed E-state index contributed by atoms with van der Waals surface area (Å²) in [5.74, 6) is 1.68. The van der Waals surface area contributed by atoms with Gasteiger partial charge in [0.25, 0.3) is 0 Å². The summed E-state index contributed by atoms with van der Waals surface area (Å²) in [5.41, 5.74) is 2.22. The third kappa shape index (κ3) is 4.81. The SMILES string of the molecule is COc1ccccc1CNC(=O)[C@@H](C)SCc1ccccc1. The Bertz CT molecular complexity index is 601. The highest BCUT2D eigenvalue weighted by Gasteiger charge is 2.13. The number of benzene rings is 2. The lowest BCUT2D eigenvalue weighted by Gasteiger charge is -2.13.